The number of nitrogens with zero attached hydrogens (tertiary/aromatic N) is 2. The normalized spacial score (nSPS) is 17.9. The molecule has 5 nitrogen and oxygen atoms in total. The molecule has 1 saturated heterocycles. The highest BCUT2D eigenvalue weighted by Crippen LogP contribution is 2.31. The van der Waals surface area contributed by atoms with Gasteiger partial charge in [0.2, 0.25) is 0 Å². The number of aliphatic hydroxyl groups is 1. The van der Waals surface area contributed by atoms with E-state index < -0.39 is 0 Å². The van der Waals surface area contributed by atoms with Gasteiger partial charge in [-0.1, -0.05) is 29.9 Å². The minimum absolute atomic E-state index is 0.234. The van der Waals surface area contributed by atoms with Crippen LogP contribution >= 0.6 is 11.3 Å². The topological polar surface area (TPSA) is 54.8 Å². The smallest absolute Gasteiger partial charge is 0.279 e. The number of aliphatic hydroxyl groups excluding tert-OH is 1. The summed E-state index contributed by atoms with van der Waals surface area (Å²) in [7, 11) is 0. The van der Waals surface area contributed by atoms with E-state index in [1.165, 1.54) is 24.2 Å². The Balaban J connectivity index is 1.29. The molecule has 1 N–H and O–H groups in total. The van der Waals surface area contributed by atoms with E-state index in [0.29, 0.717) is 11.8 Å². The van der Waals surface area contributed by atoms with Gasteiger partial charge in [-0.3, -0.25) is 4.90 Å². The molecule has 4 rings (SSSR count). The van der Waals surface area contributed by atoms with Crippen molar-refractivity contribution in [2.24, 2.45) is 0 Å². The van der Waals surface area contributed by atoms with Gasteiger partial charge < -0.3 is 14.6 Å². The summed E-state index contributed by atoms with van der Waals surface area (Å²) in [5.74, 6) is 1.57. The third-order valence-electron chi connectivity index (χ3n) is 4.91. The van der Waals surface area contributed by atoms with Gasteiger partial charge in [-0.05, 0) is 55.8 Å². The van der Waals surface area contributed by atoms with Crippen molar-refractivity contribution >= 4 is 21.6 Å². The number of piperidine rings is 1. The summed E-state index contributed by atoms with van der Waals surface area (Å²) < 4.78 is 12.8. The molecule has 0 amide bonds. The second-order valence-corrected chi connectivity index (χ2v) is 7.73. The maximum Gasteiger partial charge on any atom is 0.279 e. The van der Waals surface area contributed by atoms with E-state index in [2.05, 4.69) is 9.88 Å². The summed E-state index contributed by atoms with van der Waals surface area (Å²) in [6.07, 6.45) is 3.49. The SMILES string of the molecule is OCC1CCCCN1CCOc1ccc(Oc2nc3ccccc3s2)cc1. The molecule has 0 spiro atoms. The van der Waals surface area contributed by atoms with Crippen LogP contribution in [0.1, 0.15) is 19.3 Å². The number of benzene rings is 2. The number of fused-ring (bicyclic) bond motifs is 1. The van der Waals surface area contributed by atoms with Gasteiger partial charge in [-0.15, -0.1) is 0 Å². The van der Waals surface area contributed by atoms with Crippen LogP contribution in [0.5, 0.6) is 16.7 Å². The molecule has 1 aromatic heterocycles. The Morgan fingerprint density at radius 1 is 1.07 bits per heavy atom. The van der Waals surface area contributed by atoms with Crippen LogP contribution in [0.4, 0.5) is 0 Å². The van der Waals surface area contributed by atoms with Crippen molar-refractivity contribution in [3.8, 4) is 16.7 Å². The van der Waals surface area contributed by atoms with E-state index in [0.717, 1.165) is 41.2 Å². The average Bonchev–Trinajstić information content (AvgIpc) is 3.12. The summed E-state index contributed by atoms with van der Waals surface area (Å²) in [5, 5.41) is 10.1. The lowest BCUT2D eigenvalue weighted by Gasteiger charge is -2.34. The molecule has 0 radical (unpaired) electrons. The third-order valence-corrected chi connectivity index (χ3v) is 5.82. The summed E-state index contributed by atoms with van der Waals surface area (Å²) in [6.45, 7) is 2.74. The Bertz CT molecular complexity index is 832. The highest BCUT2D eigenvalue weighted by Gasteiger charge is 2.21. The average molecular weight is 385 g/mol. The summed E-state index contributed by atoms with van der Waals surface area (Å²) in [6, 6.07) is 15.9. The Morgan fingerprint density at radius 2 is 1.89 bits per heavy atom. The molecular formula is C21H24N2O3S. The predicted molar refractivity (Wildman–Crippen MR) is 108 cm³/mol. The predicted octanol–water partition coefficient (Wildman–Crippen LogP) is 4.31. The van der Waals surface area contributed by atoms with Crippen molar-refractivity contribution in [3.05, 3.63) is 48.5 Å². The van der Waals surface area contributed by atoms with Crippen LogP contribution in [0.15, 0.2) is 48.5 Å². The fraction of sp³-hybridized carbons (Fsp3) is 0.381. The first-order valence-electron chi connectivity index (χ1n) is 9.43. The molecule has 1 atom stereocenters. The van der Waals surface area contributed by atoms with Gasteiger partial charge in [0.15, 0.2) is 0 Å². The lowest BCUT2D eigenvalue weighted by atomic mass is 10.0. The second kappa shape index (κ2) is 8.69. The molecule has 0 aliphatic carbocycles. The molecule has 2 heterocycles. The quantitative estimate of drug-likeness (QED) is 0.658. The molecule has 0 bridgehead atoms. The summed E-state index contributed by atoms with van der Waals surface area (Å²) in [4.78, 5) is 6.81. The van der Waals surface area contributed by atoms with Crippen LogP contribution in [-0.2, 0) is 0 Å². The highest BCUT2D eigenvalue weighted by atomic mass is 32.1. The van der Waals surface area contributed by atoms with Crippen LogP contribution < -0.4 is 9.47 Å². The molecule has 3 aromatic rings. The van der Waals surface area contributed by atoms with Gasteiger partial charge >= 0.3 is 0 Å². The van der Waals surface area contributed by atoms with Crippen molar-refractivity contribution in [2.45, 2.75) is 25.3 Å². The van der Waals surface area contributed by atoms with Gasteiger partial charge in [-0.25, -0.2) is 4.98 Å². The van der Waals surface area contributed by atoms with Crippen molar-refractivity contribution in [3.63, 3.8) is 0 Å². The van der Waals surface area contributed by atoms with Crippen LogP contribution in [0.3, 0.4) is 0 Å². The Labute approximate surface area is 163 Å². The van der Waals surface area contributed by atoms with Crippen molar-refractivity contribution in [2.75, 3.05) is 26.3 Å². The van der Waals surface area contributed by atoms with Crippen LogP contribution in [-0.4, -0.2) is 47.3 Å². The van der Waals surface area contributed by atoms with Gasteiger partial charge in [0.25, 0.3) is 5.19 Å². The van der Waals surface area contributed by atoms with Gasteiger partial charge in [0.05, 0.1) is 16.8 Å². The molecular weight excluding hydrogens is 360 g/mol. The minimum Gasteiger partial charge on any atom is -0.492 e. The van der Waals surface area contributed by atoms with Gasteiger partial charge in [0.1, 0.15) is 18.1 Å². The summed E-state index contributed by atoms with van der Waals surface area (Å²) >= 11 is 1.54. The number of likely N-dealkylation sites (tertiary alicyclic amines) is 1. The fourth-order valence-electron chi connectivity index (χ4n) is 3.44. The fourth-order valence-corrected chi connectivity index (χ4v) is 4.28. The van der Waals surface area contributed by atoms with E-state index in [-0.39, 0.29) is 12.6 Å². The molecule has 1 aliphatic heterocycles. The third kappa shape index (κ3) is 4.58. The van der Waals surface area contributed by atoms with Gasteiger partial charge in [0, 0.05) is 12.6 Å². The van der Waals surface area contributed by atoms with Crippen LogP contribution in [0.25, 0.3) is 10.2 Å². The molecule has 1 unspecified atom stereocenters. The number of hydrogen-bond acceptors (Lipinski definition) is 6. The maximum atomic E-state index is 9.48. The Kier molecular flexibility index (Phi) is 5.87. The molecule has 1 fully saturated rings. The number of thiazole rings is 1. The maximum absolute atomic E-state index is 9.48. The molecule has 1 aliphatic rings. The van der Waals surface area contributed by atoms with Crippen molar-refractivity contribution in [1.29, 1.82) is 0 Å². The first-order chi connectivity index (χ1) is 13.3. The lowest BCUT2D eigenvalue weighted by Crippen LogP contribution is -2.43. The summed E-state index contributed by atoms with van der Waals surface area (Å²) in [5.41, 5.74) is 0.955. The van der Waals surface area contributed by atoms with Crippen molar-refractivity contribution in [1.82, 2.24) is 9.88 Å². The highest BCUT2D eigenvalue weighted by molar-refractivity contribution is 7.20. The number of para-hydroxylation sites is 1. The number of rotatable bonds is 7. The standard InChI is InChI=1S/C21H24N2O3S/c24-15-16-5-3-4-12-23(16)13-14-25-17-8-10-18(11-9-17)26-21-22-19-6-1-2-7-20(19)27-21/h1-2,6-11,16,24H,3-5,12-15H2. The van der Waals surface area contributed by atoms with E-state index in [1.807, 2.05) is 48.5 Å². The number of hydrogen-bond donors (Lipinski definition) is 1. The zero-order valence-corrected chi connectivity index (χ0v) is 16.0. The van der Waals surface area contributed by atoms with Crippen LogP contribution in [0.2, 0.25) is 0 Å². The van der Waals surface area contributed by atoms with Crippen LogP contribution in [0, 0.1) is 0 Å². The Morgan fingerprint density at radius 3 is 2.70 bits per heavy atom. The second-order valence-electron chi connectivity index (χ2n) is 6.74. The Hall–Kier alpha value is -2.15. The lowest BCUT2D eigenvalue weighted by molar-refractivity contribution is 0.0773. The zero-order chi connectivity index (χ0) is 18.5. The van der Waals surface area contributed by atoms with E-state index in [1.54, 1.807) is 0 Å². The van der Waals surface area contributed by atoms with E-state index in [4.69, 9.17) is 9.47 Å². The van der Waals surface area contributed by atoms with Gasteiger partial charge in [-0.2, -0.15) is 0 Å². The van der Waals surface area contributed by atoms with Crippen molar-refractivity contribution < 1.29 is 14.6 Å². The van der Waals surface area contributed by atoms with E-state index >= 15 is 0 Å². The number of aromatic nitrogens is 1. The monoisotopic (exact) mass is 384 g/mol. The largest absolute Gasteiger partial charge is 0.492 e. The zero-order valence-electron chi connectivity index (χ0n) is 15.2. The molecule has 2 aromatic carbocycles. The minimum atomic E-state index is 0.234. The van der Waals surface area contributed by atoms with E-state index in [9.17, 15) is 5.11 Å². The molecule has 0 saturated carbocycles. The first-order valence-corrected chi connectivity index (χ1v) is 10.2. The molecule has 6 heteroatoms. The number of ether oxygens (including phenoxy) is 2. The first kappa shape index (κ1) is 18.2. The molecule has 27 heavy (non-hydrogen) atoms. The molecule has 142 valence electrons.